The van der Waals surface area contributed by atoms with Crippen molar-refractivity contribution in [2.75, 3.05) is 19.3 Å². The molecule has 0 aliphatic rings. The minimum absolute atomic E-state index is 0.0164. The molecule has 16 heavy (non-hydrogen) atoms. The number of halogens is 1. The van der Waals surface area contributed by atoms with Crippen molar-refractivity contribution in [3.63, 3.8) is 0 Å². The van der Waals surface area contributed by atoms with Crippen molar-refractivity contribution in [1.82, 2.24) is 4.31 Å². The summed E-state index contributed by atoms with van der Waals surface area (Å²) in [5, 5.41) is 0. The van der Waals surface area contributed by atoms with Gasteiger partial charge >= 0.3 is 0 Å². The lowest BCUT2D eigenvalue weighted by molar-refractivity contribution is 0.467. The van der Waals surface area contributed by atoms with Crippen LogP contribution in [0.3, 0.4) is 0 Å². The van der Waals surface area contributed by atoms with E-state index in [4.69, 9.17) is 5.73 Å². The van der Waals surface area contributed by atoms with Crippen LogP contribution in [-0.4, -0.2) is 32.1 Å². The smallest absolute Gasteiger partial charge is 0.215 e. The van der Waals surface area contributed by atoms with Crippen molar-refractivity contribution in [3.05, 3.63) is 34.3 Å². The minimum atomic E-state index is -3.23. The molecule has 0 saturated carbocycles. The van der Waals surface area contributed by atoms with E-state index >= 15 is 0 Å². The van der Waals surface area contributed by atoms with Gasteiger partial charge in [0, 0.05) is 24.6 Å². The first kappa shape index (κ1) is 13.6. The molecule has 0 unspecified atom stereocenters. The maximum atomic E-state index is 11.7. The molecule has 0 aliphatic carbocycles. The molecule has 1 rings (SSSR count). The van der Waals surface area contributed by atoms with Gasteiger partial charge in [-0.25, -0.2) is 12.7 Å². The summed E-state index contributed by atoms with van der Waals surface area (Å²) in [6, 6.07) is 7.56. The molecule has 90 valence electrons. The van der Waals surface area contributed by atoms with Crippen LogP contribution >= 0.6 is 15.9 Å². The molecule has 1 aromatic rings. The van der Waals surface area contributed by atoms with Crippen LogP contribution < -0.4 is 5.73 Å². The van der Waals surface area contributed by atoms with Crippen LogP contribution in [0.5, 0.6) is 0 Å². The molecule has 0 aliphatic heterocycles. The molecule has 2 N–H and O–H groups in total. The average Bonchev–Trinajstić information content (AvgIpc) is 2.17. The van der Waals surface area contributed by atoms with Crippen molar-refractivity contribution in [1.29, 1.82) is 0 Å². The van der Waals surface area contributed by atoms with Gasteiger partial charge in [-0.1, -0.05) is 28.1 Å². The molecule has 0 spiro atoms. The van der Waals surface area contributed by atoms with Gasteiger partial charge in [0.05, 0.1) is 5.75 Å². The van der Waals surface area contributed by atoms with Gasteiger partial charge in [-0.2, -0.15) is 0 Å². The number of benzene rings is 1. The van der Waals surface area contributed by atoms with Crippen molar-refractivity contribution in [2.24, 2.45) is 5.73 Å². The van der Waals surface area contributed by atoms with E-state index in [-0.39, 0.29) is 12.3 Å². The van der Waals surface area contributed by atoms with Gasteiger partial charge in [-0.3, -0.25) is 0 Å². The van der Waals surface area contributed by atoms with E-state index < -0.39 is 10.0 Å². The van der Waals surface area contributed by atoms with Crippen LogP contribution in [0.25, 0.3) is 0 Å². The molecule has 0 saturated heterocycles. The highest BCUT2D eigenvalue weighted by Crippen LogP contribution is 2.14. The Labute approximate surface area is 105 Å². The van der Waals surface area contributed by atoms with E-state index in [2.05, 4.69) is 15.9 Å². The Hall–Kier alpha value is -0.430. The molecule has 1 aromatic carbocycles. The van der Waals surface area contributed by atoms with Gasteiger partial charge in [0.1, 0.15) is 0 Å². The van der Waals surface area contributed by atoms with Crippen molar-refractivity contribution in [3.8, 4) is 0 Å². The Morgan fingerprint density at radius 1 is 1.44 bits per heavy atom. The number of nitrogens with zero attached hydrogens (tertiary/aromatic N) is 1. The third-order valence-electron chi connectivity index (χ3n) is 2.14. The summed E-state index contributed by atoms with van der Waals surface area (Å²) in [5.74, 6) is -0.0164. The Bertz CT molecular complexity index is 448. The molecule has 0 heterocycles. The summed E-state index contributed by atoms with van der Waals surface area (Å²) in [4.78, 5) is 0. The van der Waals surface area contributed by atoms with Crippen LogP contribution in [-0.2, 0) is 16.6 Å². The van der Waals surface area contributed by atoms with E-state index in [1.54, 1.807) is 7.05 Å². The van der Waals surface area contributed by atoms with Crippen LogP contribution in [0, 0.1) is 0 Å². The molecule has 0 atom stereocenters. The molecular weight excluding hydrogens is 292 g/mol. The Kier molecular flexibility index (Phi) is 4.91. The molecule has 0 aromatic heterocycles. The maximum Gasteiger partial charge on any atom is 0.215 e. The fraction of sp³-hybridized carbons (Fsp3) is 0.400. The molecule has 4 nitrogen and oxygen atoms in total. The van der Waals surface area contributed by atoms with E-state index in [0.29, 0.717) is 6.54 Å². The maximum absolute atomic E-state index is 11.7. The highest BCUT2D eigenvalue weighted by Gasteiger charge is 2.16. The summed E-state index contributed by atoms with van der Waals surface area (Å²) in [7, 11) is -1.67. The van der Waals surface area contributed by atoms with Crippen LogP contribution in [0.4, 0.5) is 0 Å². The van der Waals surface area contributed by atoms with Crippen molar-refractivity contribution in [2.45, 2.75) is 6.54 Å². The largest absolute Gasteiger partial charge is 0.329 e. The van der Waals surface area contributed by atoms with E-state index in [1.807, 2.05) is 24.3 Å². The van der Waals surface area contributed by atoms with E-state index in [9.17, 15) is 8.42 Å². The topological polar surface area (TPSA) is 63.4 Å². The fourth-order valence-electron chi connectivity index (χ4n) is 1.30. The van der Waals surface area contributed by atoms with Crippen molar-refractivity contribution >= 4 is 26.0 Å². The predicted molar refractivity (Wildman–Crippen MR) is 68.5 cm³/mol. The number of nitrogens with two attached hydrogens (primary N) is 1. The van der Waals surface area contributed by atoms with Gasteiger partial charge in [0.25, 0.3) is 0 Å². The summed E-state index contributed by atoms with van der Waals surface area (Å²) in [6.45, 7) is 0.507. The molecular formula is C10H15BrN2O2S. The first-order chi connectivity index (χ1) is 7.45. The molecule has 0 fully saturated rings. The highest BCUT2D eigenvalue weighted by molar-refractivity contribution is 9.10. The predicted octanol–water partition coefficient (Wildman–Crippen LogP) is 1.17. The second-order valence-electron chi connectivity index (χ2n) is 3.49. The summed E-state index contributed by atoms with van der Waals surface area (Å²) in [6.07, 6.45) is 0. The standard InChI is InChI=1S/C10H15BrN2O2S/c1-13(16(14,15)6-5-12)8-9-3-2-4-10(11)7-9/h2-4,7H,5-6,8,12H2,1H3. The zero-order valence-electron chi connectivity index (χ0n) is 9.06. The highest BCUT2D eigenvalue weighted by atomic mass is 79.9. The van der Waals surface area contributed by atoms with Gasteiger partial charge in [0.2, 0.25) is 10.0 Å². The molecule has 0 amide bonds. The second kappa shape index (κ2) is 5.77. The molecule has 6 heteroatoms. The first-order valence-electron chi connectivity index (χ1n) is 4.84. The zero-order valence-corrected chi connectivity index (χ0v) is 11.5. The zero-order chi connectivity index (χ0) is 12.2. The second-order valence-corrected chi connectivity index (χ2v) is 6.60. The monoisotopic (exact) mass is 306 g/mol. The third kappa shape index (κ3) is 3.86. The summed E-state index contributed by atoms with van der Waals surface area (Å²) >= 11 is 3.35. The summed E-state index contributed by atoms with van der Waals surface area (Å²) < 4.78 is 25.6. The summed E-state index contributed by atoms with van der Waals surface area (Å²) in [5.41, 5.74) is 6.20. The SMILES string of the molecule is CN(Cc1cccc(Br)c1)S(=O)(=O)CCN. The van der Waals surface area contributed by atoms with Crippen LogP contribution in [0.15, 0.2) is 28.7 Å². The average molecular weight is 307 g/mol. The first-order valence-corrected chi connectivity index (χ1v) is 7.24. The fourth-order valence-corrected chi connectivity index (χ4v) is 2.70. The lowest BCUT2D eigenvalue weighted by Crippen LogP contribution is -2.31. The Morgan fingerprint density at radius 2 is 2.12 bits per heavy atom. The van der Waals surface area contributed by atoms with Crippen LogP contribution in [0.1, 0.15) is 5.56 Å². The lowest BCUT2D eigenvalue weighted by Gasteiger charge is -2.16. The minimum Gasteiger partial charge on any atom is -0.329 e. The van der Waals surface area contributed by atoms with E-state index in [1.165, 1.54) is 4.31 Å². The number of hydrogen-bond acceptors (Lipinski definition) is 3. The van der Waals surface area contributed by atoms with Gasteiger partial charge in [-0.15, -0.1) is 0 Å². The lowest BCUT2D eigenvalue weighted by atomic mass is 10.2. The molecule has 0 radical (unpaired) electrons. The van der Waals surface area contributed by atoms with Gasteiger partial charge < -0.3 is 5.73 Å². The quantitative estimate of drug-likeness (QED) is 0.888. The van der Waals surface area contributed by atoms with E-state index in [0.717, 1.165) is 10.0 Å². The Morgan fingerprint density at radius 3 is 2.69 bits per heavy atom. The normalized spacial score (nSPS) is 12.0. The van der Waals surface area contributed by atoms with Crippen LogP contribution in [0.2, 0.25) is 0 Å². The number of sulfonamides is 1. The third-order valence-corrected chi connectivity index (χ3v) is 4.47. The molecule has 0 bridgehead atoms. The number of rotatable bonds is 5. The number of hydrogen-bond donors (Lipinski definition) is 1. The van der Waals surface area contributed by atoms with Crippen molar-refractivity contribution < 1.29 is 8.42 Å². The van der Waals surface area contributed by atoms with Gasteiger partial charge in [0.15, 0.2) is 0 Å². The Balaban J connectivity index is 2.75. The van der Waals surface area contributed by atoms with Gasteiger partial charge in [-0.05, 0) is 17.7 Å².